The molecule has 0 atom stereocenters. The fourth-order valence-electron chi connectivity index (χ4n) is 2.34. The molecule has 0 unspecified atom stereocenters. The Bertz CT molecular complexity index is 1090. The number of hydrogen-bond acceptors (Lipinski definition) is 7. The molecule has 2 aromatic rings. The Kier molecular flexibility index (Phi) is 6.69. The van der Waals surface area contributed by atoms with Gasteiger partial charge < -0.3 is 5.32 Å². The lowest BCUT2D eigenvalue weighted by atomic mass is 10.2. The lowest BCUT2D eigenvalue weighted by Crippen LogP contribution is -2.30. The quantitative estimate of drug-likeness (QED) is 0.350. The van der Waals surface area contributed by atoms with E-state index in [1.165, 1.54) is 30.3 Å². The summed E-state index contributed by atoms with van der Waals surface area (Å²) in [5.41, 5.74) is -0.0975. The molecule has 0 radical (unpaired) electrons. The predicted molar refractivity (Wildman–Crippen MR) is 102 cm³/mol. The number of hydrogen-bond donors (Lipinski definition) is 2. The first-order chi connectivity index (χ1) is 13.0. The van der Waals surface area contributed by atoms with Crippen molar-refractivity contribution in [3.05, 3.63) is 64.0 Å². The Hall–Kier alpha value is -2.57. The molecule has 0 fully saturated rings. The van der Waals surface area contributed by atoms with Crippen LogP contribution < -0.4 is 10.0 Å². The number of nitrogens with zero attached hydrogens (tertiary/aromatic N) is 1. The number of benzene rings is 2. The molecule has 12 heteroatoms. The summed E-state index contributed by atoms with van der Waals surface area (Å²) in [7, 11) is -7.33. The van der Waals surface area contributed by atoms with Gasteiger partial charge in [0, 0.05) is 25.4 Å². The third-order valence-corrected chi connectivity index (χ3v) is 6.07. The molecular formula is C16H18FN3O6S2. The molecule has 0 saturated heterocycles. The fourth-order valence-corrected chi connectivity index (χ4v) is 4.12. The zero-order valence-electron chi connectivity index (χ0n) is 14.8. The number of nitro benzene ring substituents is 1. The van der Waals surface area contributed by atoms with Crippen molar-refractivity contribution >= 4 is 31.2 Å². The normalized spacial score (nSPS) is 11.9. The van der Waals surface area contributed by atoms with E-state index in [2.05, 4.69) is 10.0 Å². The van der Waals surface area contributed by atoms with E-state index in [4.69, 9.17) is 0 Å². The van der Waals surface area contributed by atoms with Crippen molar-refractivity contribution in [2.24, 2.45) is 0 Å². The van der Waals surface area contributed by atoms with Crippen LogP contribution in [-0.2, 0) is 25.6 Å². The van der Waals surface area contributed by atoms with Crippen molar-refractivity contribution in [3.8, 4) is 0 Å². The zero-order chi connectivity index (χ0) is 20.9. The van der Waals surface area contributed by atoms with Crippen molar-refractivity contribution < 1.29 is 26.1 Å². The first kappa shape index (κ1) is 21.7. The smallest absolute Gasteiger partial charge is 0.293 e. The van der Waals surface area contributed by atoms with Crippen molar-refractivity contribution in [1.29, 1.82) is 0 Å². The van der Waals surface area contributed by atoms with Crippen molar-refractivity contribution in [2.75, 3.05) is 24.7 Å². The topological polar surface area (TPSA) is 135 Å². The van der Waals surface area contributed by atoms with Gasteiger partial charge >= 0.3 is 0 Å². The maximum Gasteiger partial charge on any atom is 0.293 e. The van der Waals surface area contributed by atoms with Crippen molar-refractivity contribution in [1.82, 2.24) is 4.72 Å². The van der Waals surface area contributed by atoms with E-state index in [9.17, 15) is 31.3 Å². The molecule has 9 nitrogen and oxygen atoms in total. The molecule has 0 aliphatic rings. The van der Waals surface area contributed by atoms with Crippen LogP contribution in [0.5, 0.6) is 0 Å². The number of sulfonamides is 1. The van der Waals surface area contributed by atoms with Gasteiger partial charge in [0.2, 0.25) is 10.0 Å². The van der Waals surface area contributed by atoms with Crippen LogP contribution in [0.4, 0.5) is 15.8 Å². The zero-order valence-corrected chi connectivity index (χ0v) is 16.4. The highest BCUT2D eigenvalue weighted by molar-refractivity contribution is 7.90. The number of nitro groups is 1. The average molecular weight is 431 g/mol. The summed E-state index contributed by atoms with van der Waals surface area (Å²) in [6.07, 6.45) is 0.937. The molecule has 2 rings (SSSR count). The molecule has 0 aliphatic heterocycles. The Morgan fingerprint density at radius 3 is 2.39 bits per heavy atom. The largest absolute Gasteiger partial charge is 0.378 e. The first-order valence-corrected chi connectivity index (χ1v) is 11.5. The van der Waals surface area contributed by atoms with Gasteiger partial charge in [0.15, 0.2) is 9.84 Å². The molecule has 0 saturated carbocycles. The summed E-state index contributed by atoms with van der Waals surface area (Å²) in [4.78, 5) is 10.2. The molecule has 0 aromatic heterocycles. The van der Waals surface area contributed by atoms with Crippen LogP contribution >= 0.6 is 0 Å². The van der Waals surface area contributed by atoms with Crippen LogP contribution in [-0.4, -0.2) is 41.1 Å². The minimum atomic E-state index is -3.73. The number of sulfone groups is 1. The number of anilines is 1. The van der Waals surface area contributed by atoms with E-state index in [-0.39, 0.29) is 29.2 Å². The van der Waals surface area contributed by atoms with E-state index in [0.717, 1.165) is 18.4 Å². The van der Waals surface area contributed by atoms with Gasteiger partial charge in [0.05, 0.1) is 15.6 Å². The predicted octanol–water partition coefficient (Wildman–Crippen LogP) is 1.67. The fraction of sp³-hybridized carbons (Fsp3) is 0.250. The summed E-state index contributed by atoms with van der Waals surface area (Å²) < 4.78 is 62.5. The highest BCUT2D eigenvalue weighted by Crippen LogP contribution is 2.27. The maximum absolute atomic E-state index is 13.1. The molecule has 0 amide bonds. The monoisotopic (exact) mass is 431 g/mol. The second-order valence-electron chi connectivity index (χ2n) is 5.92. The molecule has 2 N–H and O–H groups in total. The molecule has 2 aromatic carbocycles. The van der Waals surface area contributed by atoms with Gasteiger partial charge in [-0.05, 0) is 29.8 Å². The Balaban J connectivity index is 1.98. The van der Waals surface area contributed by atoms with E-state index in [1.807, 2.05) is 0 Å². The van der Waals surface area contributed by atoms with Crippen molar-refractivity contribution in [2.45, 2.75) is 10.6 Å². The van der Waals surface area contributed by atoms with E-state index >= 15 is 0 Å². The van der Waals surface area contributed by atoms with Crippen LogP contribution in [0.1, 0.15) is 5.56 Å². The Morgan fingerprint density at radius 1 is 1.07 bits per heavy atom. The molecule has 28 heavy (non-hydrogen) atoms. The lowest BCUT2D eigenvalue weighted by Gasteiger charge is -2.10. The number of nitrogens with one attached hydrogen (secondary N) is 2. The number of halogens is 1. The summed E-state index contributed by atoms with van der Waals surface area (Å²) in [5, 5.41) is 13.8. The second kappa shape index (κ2) is 8.63. The first-order valence-electron chi connectivity index (χ1n) is 7.92. The van der Waals surface area contributed by atoms with Gasteiger partial charge in [-0.3, -0.25) is 10.1 Å². The molecule has 0 heterocycles. The third kappa shape index (κ3) is 6.25. The van der Waals surface area contributed by atoms with Gasteiger partial charge in [-0.25, -0.2) is 25.9 Å². The van der Waals surface area contributed by atoms with E-state index in [1.54, 1.807) is 0 Å². The maximum atomic E-state index is 13.1. The van der Waals surface area contributed by atoms with Gasteiger partial charge in [-0.2, -0.15) is 0 Å². The highest BCUT2D eigenvalue weighted by atomic mass is 32.2. The molecule has 0 bridgehead atoms. The standard InChI is InChI=1S/C16H18FN3O6S2/c1-27(23,24)14-5-6-15(16(10-14)20(21)22)18-7-8-19-28(25,26)11-12-3-2-4-13(17)9-12/h2-6,9-10,18-19H,7-8,11H2,1H3. The molecular weight excluding hydrogens is 413 g/mol. The van der Waals surface area contributed by atoms with Gasteiger partial charge in [-0.1, -0.05) is 12.1 Å². The van der Waals surface area contributed by atoms with Crippen molar-refractivity contribution in [3.63, 3.8) is 0 Å². The van der Waals surface area contributed by atoms with Gasteiger partial charge in [-0.15, -0.1) is 0 Å². The molecule has 0 aliphatic carbocycles. The summed E-state index contributed by atoms with van der Waals surface area (Å²) >= 11 is 0. The van der Waals surface area contributed by atoms with Crippen LogP contribution in [0.15, 0.2) is 47.4 Å². The van der Waals surface area contributed by atoms with E-state index in [0.29, 0.717) is 0 Å². The van der Waals surface area contributed by atoms with Crippen LogP contribution in [0.3, 0.4) is 0 Å². The average Bonchev–Trinajstić information content (AvgIpc) is 2.57. The molecule has 152 valence electrons. The minimum absolute atomic E-state index is 0.0153. The SMILES string of the molecule is CS(=O)(=O)c1ccc(NCCNS(=O)(=O)Cc2cccc(F)c2)c([N+](=O)[O-])c1. The summed E-state index contributed by atoms with van der Waals surface area (Å²) in [5.74, 6) is -0.951. The van der Waals surface area contributed by atoms with Gasteiger partial charge in [0.1, 0.15) is 11.5 Å². The van der Waals surface area contributed by atoms with E-state index < -0.39 is 42.0 Å². The number of rotatable bonds is 9. The van der Waals surface area contributed by atoms with Crippen LogP contribution in [0.25, 0.3) is 0 Å². The summed E-state index contributed by atoms with van der Waals surface area (Å²) in [6.45, 7) is -0.0654. The van der Waals surface area contributed by atoms with Crippen LogP contribution in [0.2, 0.25) is 0 Å². The minimum Gasteiger partial charge on any atom is -0.378 e. The molecule has 0 spiro atoms. The second-order valence-corrected chi connectivity index (χ2v) is 9.74. The Morgan fingerprint density at radius 2 is 1.79 bits per heavy atom. The highest BCUT2D eigenvalue weighted by Gasteiger charge is 2.18. The Labute approximate surface area is 161 Å². The third-order valence-electron chi connectivity index (χ3n) is 3.60. The van der Waals surface area contributed by atoms with Crippen LogP contribution in [0, 0.1) is 15.9 Å². The lowest BCUT2D eigenvalue weighted by molar-refractivity contribution is -0.384. The van der Waals surface area contributed by atoms with Gasteiger partial charge in [0.25, 0.3) is 5.69 Å². The summed E-state index contributed by atoms with van der Waals surface area (Å²) in [6, 6.07) is 8.61.